The molecule has 0 N–H and O–H groups in total. The summed E-state index contributed by atoms with van der Waals surface area (Å²) in [5.74, 6) is 0. The average Bonchev–Trinajstić information content (AvgIpc) is 3.50. The highest BCUT2D eigenvalue weighted by Gasteiger charge is 2.46. The van der Waals surface area contributed by atoms with E-state index < -0.39 is 0 Å². The molecule has 0 amide bonds. The number of fused-ring (bicyclic) bond motifs is 8. The van der Waals surface area contributed by atoms with E-state index in [0.717, 1.165) is 27.6 Å². The van der Waals surface area contributed by atoms with Crippen LogP contribution in [-0.2, 0) is 5.41 Å². The predicted octanol–water partition coefficient (Wildman–Crippen LogP) is 10.7. The highest BCUT2D eigenvalue weighted by Crippen LogP contribution is 2.50. The lowest BCUT2D eigenvalue weighted by atomic mass is 9.43. The fourth-order valence-electron chi connectivity index (χ4n) is 8.33. The number of hydrogen-bond donors (Lipinski definition) is 0. The van der Waals surface area contributed by atoms with Gasteiger partial charge in [0.15, 0.2) is 5.58 Å². The molecule has 1 aromatic heterocycles. The number of rotatable bonds is 2. The second-order valence-electron chi connectivity index (χ2n) is 14.1. The van der Waals surface area contributed by atoms with Gasteiger partial charge >= 0.3 is 6.85 Å². The Balaban J connectivity index is 1.33. The van der Waals surface area contributed by atoms with Crippen molar-refractivity contribution in [2.45, 2.75) is 26.2 Å². The highest BCUT2D eigenvalue weighted by atomic mass is 16.3. The maximum Gasteiger partial charge on any atom is 0.333 e. The van der Waals surface area contributed by atoms with Crippen LogP contribution in [0, 0.1) is 0 Å². The average molecular weight is 617 g/mol. The van der Waals surface area contributed by atoms with Crippen LogP contribution in [0.1, 0.15) is 26.3 Å². The van der Waals surface area contributed by atoms with E-state index >= 15 is 0 Å². The van der Waals surface area contributed by atoms with E-state index in [1.165, 1.54) is 61.1 Å². The first-order valence-corrected chi connectivity index (χ1v) is 16.8. The number of benzene rings is 7. The smallest absolute Gasteiger partial charge is 0.333 e. The van der Waals surface area contributed by atoms with Crippen LogP contribution in [0.3, 0.4) is 0 Å². The first kappa shape index (κ1) is 27.4. The molecular weight excluding hydrogens is 583 g/mol. The number of anilines is 5. The fourth-order valence-corrected chi connectivity index (χ4v) is 8.33. The topological polar surface area (TPSA) is 19.6 Å². The first-order chi connectivity index (χ1) is 23.5. The summed E-state index contributed by atoms with van der Waals surface area (Å²) in [5, 5.41) is 4.79. The SMILES string of the molecule is CC(C)(C)c1ccc2ccccc2c1N1B2c3ccccc3N(c3cccc4c3oc3ccccc34)c3cccc(c32)-c2ccccc21. The zero-order valence-electron chi connectivity index (χ0n) is 27.2. The molecule has 0 atom stereocenters. The second kappa shape index (κ2) is 9.89. The molecule has 8 aromatic rings. The van der Waals surface area contributed by atoms with Crippen LogP contribution in [0.15, 0.2) is 150 Å². The fraction of sp³-hybridized carbons (Fsp3) is 0.0909. The Hall–Kier alpha value is -5.74. The van der Waals surface area contributed by atoms with Crippen LogP contribution in [0.5, 0.6) is 0 Å². The van der Waals surface area contributed by atoms with Gasteiger partial charge in [-0.2, -0.15) is 0 Å². The van der Waals surface area contributed by atoms with Gasteiger partial charge in [-0.05, 0) is 63.2 Å². The molecule has 10 rings (SSSR count). The van der Waals surface area contributed by atoms with Gasteiger partial charge in [-0.15, -0.1) is 0 Å². The summed E-state index contributed by atoms with van der Waals surface area (Å²) in [4.78, 5) is 5.09. The van der Waals surface area contributed by atoms with Gasteiger partial charge in [0.25, 0.3) is 0 Å². The van der Waals surface area contributed by atoms with Crippen molar-refractivity contribution in [1.29, 1.82) is 0 Å². The molecule has 2 aliphatic heterocycles. The van der Waals surface area contributed by atoms with E-state index in [0.29, 0.717) is 0 Å². The third kappa shape index (κ3) is 3.72. The maximum atomic E-state index is 6.66. The molecule has 0 fully saturated rings. The van der Waals surface area contributed by atoms with Crippen molar-refractivity contribution < 1.29 is 4.42 Å². The van der Waals surface area contributed by atoms with Crippen molar-refractivity contribution in [3.63, 3.8) is 0 Å². The van der Waals surface area contributed by atoms with Gasteiger partial charge in [-0.1, -0.05) is 136 Å². The summed E-state index contributed by atoms with van der Waals surface area (Å²) in [7, 11) is 0. The van der Waals surface area contributed by atoms with Crippen molar-refractivity contribution in [1.82, 2.24) is 0 Å². The normalized spacial score (nSPS) is 13.6. The zero-order chi connectivity index (χ0) is 32.1. The van der Waals surface area contributed by atoms with E-state index in [1.807, 2.05) is 6.07 Å². The predicted molar refractivity (Wildman–Crippen MR) is 204 cm³/mol. The van der Waals surface area contributed by atoms with Gasteiger partial charge in [-0.3, -0.25) is 0 Å². The van der Waals surface area contributed by atoms with Crippen molar-refractivity contribution in [2.24, 2.45) is 0 Å². The standard InChI is InChI=1S/C44H33BN2O/c1-44(2,3)34-27-26-28-14-4-5-15-29(28)42(34)47-36-21-9-6-16-30(36)32-18-12-23-38-41(32)45(47)35-20-8-10-22-37(35)46(38)39-24-13-19-33-31-17-7-11-25-40(31)48-43(33)39/h4-27H,1-3H3. The van der Waals surface area contributed by atoms with E-state index in [-0.39, 0.29) is 12.3 Å². The lowest BCUT2D eigenvalue weighted by Gasteiger charge is -2.47. The lowest BCUT2D eigenvalue weighted by Crippen LogP contribution is -2.61. The molecule has 0 spiro atoms. The molecule has 0 aliphatic carbocycles. The number of furan rings is 1. The van der Waals surface area contributed by atoms with E-state index in [1.54, 1.807) is 0 Å². The quantitative estimate of drug-likeness (QED) is 0.180. The summed E-state index contributed by atoms with van der Waals surface area (Å²) in [6, 6.07) is 53.2. The summed E-state index contributed by atoms with van der Waals surface area (Å²) in [6.07, 6.45) is 0. The van der Waals surface area contributed by atoms with Gasteiger partial charge < -0.3 is 14.1 Å². The minimum Gasteiger partial charge on any atom is -0.454 e. The summed E-state index contributed by atoms with van der Waals surface area (Å²) in [5.41, 5.74) is 14.1. The largest absolute Gasteiger partial charge is 0.454 e. The molecule has 0 radical (unpaired) electrons. The van der Waals surface area contributed by atoms with E-state index in [2.05, 4.69) is 170 Å². The Morgan fingerprint density at radius 2 is 1.17 bits per heavy atom. The van der Waals surface area contributed by atoms with Crippen LogP contribution >= 0.6 is 0 Å². The Kier molecular flexibility index (Phi) is 5.64. The molecule has 3 nitrogen and oxygen atoms in total. The monoisotopic (exact) mass is 616 g/mol. The number of hydrogen-bond acceptors (Lipinski definition) is 3. The molecule has 4 heteroatoms. The minimum atomic E-state index is -0.0781. The maximum absolute atomic E-state index is 6.66. The van der Waals surface area contributed by atoms with Crippen LogP contribution < -0.4 is 20.6 Å². The minimum absolute atomic E-state index is 0.0414. The van der Waals surface area contributed by atoms with Crippen LogP contribution in [0.4, 0.5) is 28.4 Å². The second-order valence-corrected chi connectivity index (χ2v) is 14.1. The van der Waals surface area contributed by atoms with E-state index in [4.69, 9.17) is 4.42 Å². The first-order valence-electron chi connectivity index (χ1n) is 16.8. The van der Waals surface area contributed by atoms with Gasteiger partial charge in [0.1, 0.15) is 5.58 Å². The van der Waals surface area contributed by atoms with Crippen molar-refractivity contribution in [3.05, 3.63) is 151 Å². The molecule has 0 unspecified atom stereocenters. The molecule has 7 aromatic carbocycles. The summed E-state index contributed by atoms with van der Waals surface area (Å²) in [6.45, 7) is 6.96. The van der Waals surface area contributed by atoms with Crippen molar-refractivity contribution in [3.8, 4) is 11.1 Å². The third-order valence-electron chi connectivity index (χ3n) is 10.4. The molecule has 48 heavy (non-hydrogen) atoms. The molecule has 0 saturated heterocycles. The van der Waals surface area contributed by atoms with Gasteiger partial charge in [-0.25, -0.2) is 0 Å². The molecule has 0 saturated carbocycles. The summed E-state index contributed by atoms with van der Waals surface area (Å²) < 4.78 is 6.66. The Morgan fingerprint density at radius 3 is 2.04 bits per heavy atom. The number of para-hydroxylation sites is 4. The Labute approximate surface area is 280 Å². The van der Waals surface area contributed by atoms with Crippen LogP contribution in [0.2, 0.25) is 0 Å². The number of nitrogens with zero attached hydrogens (tertiary/aromatic N) is 2. The van der Waals surface area contributed by atoms with Crippen LogP contribution in [0.25, 0.3) is 43.8 Å². The summed E-state index contributed by atoms with van der Waals surface area (Å²) >= 11 is 0. The van der Waals surface area contributed by atoms with Gasteiger partial charge in [0.05, 0.1) is 5.69 Å². The van der Waals surface area contributed by atoms with Gasteiger partial charge in [0, 0.05) is 44.5 Å². The Bertz CT molecular complexity index is 2590. The van der Waals surface area contributed by atoms with E-state index in [9.17, 15) is 0 Å². The Morgan fingerprint density at radius 1 is 0.521 bits per heavy atom. The van der Waals surface area contributed by atoms with Crippen molar-refractivity contribution in [2.75, 3.05) is 9.71 Å². The molecule has 2 aliphatic rings. The molecule has 3 heterocycles. The lowest BCUT2D eigenvalue weighted by molar-refractivity contribution is 0.592. The third-order valence-corrected chi connectivity index (χ3v) is 10.4. The molecular formula is C44H33BN2O. The van der Waals surface area contributed by atoms with Crippen molar-refractivity contribution >= 4 is 78.9 Å². The molecule has 228 valence electrons. The highest BCUT2D eigenvalue weighted by molar-refractivity contribution is 6.93. The van der Waals surface area contributed by atoms with Crippen LogP contribution in [-0.4, -0.2) is 6.85 Å². The molecule has 0 bridgehead atoms. The van der Waals surface area contributed by atoms with Gasteiger partial charge in [0.2, 0.25) is 0 Å². The zero-order valence-corrected chi connectivity index (χ0v) is 27.2.